The zero-order valence-corrected chi connectivity index (χ0v) is 14.2. The van der Waals surface area contributed by atoms with Crippen LogP contribution in [0.25, 0.3) is 22.4 Å². The van der Waals surface area contributed by atoms with E-state index in [1.165, 1.54) is 25.9 Å². The van der Waals surface area contributed by atoms with Gasteiger partial charge in [-0.1, -0.05) is 23.7 Å². The lowest BCUT2D eigenvalue weighted by Gasteiger charge is -2.16. The Hall–Kier alpha value is -2.04. The van der Waals surface area contributed by atoms with Gasteiger partial charge in [0.1, 0.15) is 12.1 Å². The number of aromatic nitrogens is 2. The molecule has 0 unspecified atom stereocenters. The predicted molar refractivity (Wildman–Crippen MR) is 97.3 cm³/mol. The quantitative estimate of drug-likeness (QED) is 0.705. The van der Waals surface area contributed by atoms with Crippen LogP contribution in [-0.2, 0) is 0 Å². The molecule has 24 heavy (non-hydrogen) atoms. The molecule has 1 aromatic heterocycles. The lowest BCUT2D eigenvalue weighted by Crippen LogP contribution is -2.28. The number of rotatable bonds is 5. The molecule has 0 radical (unpaired) electrons. The van der Waals surface area contributed by atoms with Crippen LogP contribution < -0.4 is 4.84 Å². The average Bonchev–Trinajstić information content (AvgIpc) is 3.24. The van der Waals surface area contributed by atoms with Crippen LogP contribution in [0.15, 0.2) is 48.5 Å². The summed E-state index contributed by atoms with van der Waals surface area (Å²) < 4.78 is 1.86. The van der Waals surface area contributed by atoms with E-state index in [2.05, 4.69) is 4.90 Å². The smallest absolute Gasteiger partial charge is 0.176 e. The van der Waals surface area contributed by atoms with Crippen molar-refractivity contribution < 1.29 is 4.84 Å². The second kappa shape index (κ2) is 6.83. The first-order valence-electron chi connectivity index (χ1n) is 8.40. The molecule has 2 aromatic carbocycles. The topological polar surface area (TPSA) is 30.3 Å². The molecule has 5 heteroatoms. The Morgan fingerprint density at radius 3 is 2.54 bits per heavy atom. The maximum atomic E-state index is 6.12. The minimum atomic E-state index is 0.654. The Morgan fingerprint density at radius 1 is 1.00 bits per heavy atom. The fourth-order valence-corrected chi connectivity index (χ4v) is 3.31. The van der Waals surface area contributed by atoms with Crippen molar-refractivity contribution in [2.75, 3.05) is 26.2 Å². The van der Waals surface area contributed by atoms with Gasteiger partial charge in [0.15, 0.2) is 5.82 Å². The van der Waals surface area contributed by atoms with Gasteiger partial charge in [0.2, 0.25) is 0 Å². The first-order valence-corrected chi connectivity index (χ1v) is 8.78. The fourth-order valence-electron chi connectivity index (χ4n) is 3.18. The summed E-state index contributed by atoms with van der Waals surface area (Å²) in [6, 6.07) is 15.8. The molecule has 4 rings (SSSR count). The van der Waals surface area contributed by atoms with E-state index < -0.39 is 0 Å². The second-order valence-corrected chi connectivity index (χ2v) is 6.54. The van der Waals surface area contributed by atoms with Crippen molar-refractivity contribution in [3.8, 4) is 11.4 Å². The Morgan fingerprint density at radius 2 is 1.75 bits per heavy atom. The number of nitrogens with zero attached hydrogens (tertiary/aromatic N) is 3. The first-order chi connectivity index (χ1) is 11.8. The van der Waals surface area contributed by atoms with Crippen molar-refractivity contribution in [2.45, 2.75) is 12.8 Å². The van der Waals surface area contributed by atoms with E-state index in [0.29, 0.717) is 6.61 Å². The van der Waals surface area contributed by atoms with E-state index in [0.717, 1.165) is 34.0 Å². The zero-order chi connectivity index (χ0) is 16.4. The molecule has 1 saturated heterocycles. The molecule has 0 spiro atoms. The first kappa shape index (κ1) is 15.5. The molecule has 0 N–H and O–H groups in total. The normalized spacial score (nSPS) is 15.2. The number of benzene rings is 2. The third-order valence-electron chi connectivity index (χ3n) is 4.45. The van der Waals surface area contributed by atoms with Crippen molar-refractivity contribution in [1.82, 2.24) is 14.6 Å². The summed E-state index contributed by atoms with van der Waals surface area (Å²) in [5.41, 5.74) is 2.92. The highest BCUT2D eigenvalue weighted by molar-refractivity contribution is 6.30. The van der Waals surface area contributed by atoms with Crippen molar-refractivity contribution in [3.05, 3.63) is 53.6 Å². The van der Waals surface area contributed by atoms with Gasteiger partial charge >= 0.3 is 0 Å². The molecule has 4 nitrogen and oxygen atoms in total. The van der Waals surface area contributed by atoms with E-state index in [4.69, 9.17) is 21.4 Å². The molecule has 0 amide bonds. The molecule has 1 aliphatic heterocycles. The second-order valence-electron chi connectivity index (χ2n) is 6.11. The molecule has 1 aliphatic rings. The van der Waals surface area contributed by atoms with Gasteiger partial charge in [0, 0.05) is 17.1 Å². The molecule has 0 atom stereocenters. The maximum Gasteiger partial charge on any atom is 0.176 e. The third-order valence-corrected chi connectivity index (χ3v) is 4.70. The van der Waals surface area contributed by atoms with E-state index in [9.17, 15) is 0 Å². The van der Waals surface area contributed by atoms with Crippen LogP contribution in [0.4, 0.5) is 0 Å². The molecule has 3 aromatic rings. The molecule has 124 valence electrons. The summed E-state index contributed by atoms with van der Waals surface area (Å²) in [7, 11) is 0. The average molecular weight is 342 g/mol. The van der Waals surface area contributed by atoms with Gasteiger partial charge in [-0.15, -0.1) is 0 Å². The Bertz CT molecular complexity index is 822. The molecule has 1 fully saturated rings. The van der Waals surface area contributed by atoms with Gasteiger partial charge in [-0.05, 0) is 62.3 Å². The van der Waals surface area contributed by atoms with Crippen molar-refractivity contribution >= 4 is 22.6 Å². The monoisotopic (exact) mass is 341 g/mol. The highest BCUT2D eigenvalue weighted by Gasteiger charge is 2.15. The van der Waals surface area contributed by atoms with Crippen LogP contribution in [0.5, 0.6) is 0 Å². The van der Waals surface area contributed by atoms with Gasteiger partial charge in [-0.3, -0.25) is 4.90 Å². The number of halogens is 1. The Balaban J connectivity index is 1.63. The van der Waals surface area contributed by atoms with E-state index in [-0.39, 0.29) is 0 Å². The fraction of sp³-hybridized carbons (Fsp3) is 0.316. The Kier molecular flexibility index (Phi) is 4.41. The van der Waals surface area contributed by atoms with E-state index >= 15 is 0 Å². The maximum absolute atomic E-state index is 6.12. The summed E-state index contributed by atoms with van der Waals surface area (Å²) in [4.78, 5) is 13.3. The van der Waals surface area contributed by atoms with Crippen LogP contribution >= 0.6 is 11.6 Å². The number of fused-ring (bicyclic) bond motifs is 1. The van der Waals surface area contributed by atoms with Gasteiger partial charge in [0.05, 0.1) is 5.52 Å². The minimum absolute atomic E-state index is 0.654. The molecule has 2 heterocycles. The van der Waals surface area contributed by atoms with Crippen molar-refractivity contribution in [1.29, 1.82) is 0 Å². The summed E-state index contributed by atoms with van der Waals surface area (Å²) in [5, 5.41) is 0.719. The molecule has 0 saturated carbocycles. The summed E-state index contributed by atoms with van der Waals surface area (Å²) in [5.74, 6) is 0.814. The van der Waals surface area contributed by atoms with E-state index in [1.54, 1.807) is 0 Å². The van der Waals surface area contributed by atoms with Crippen LogP contribution in [-0.4, -0.2) is 40.9 Å². The van der Waals surface area contributed by atoms with Crippen LogP contribution in [0.3, 0.4) is 0 Å². The number of imidazole rings is 1. The predicted octanol–water partition coefficient (Wildman–Crippen LogP) is 3.88. The highest BCUT2D eigenvalue weighted by atomic mass is 35.5. The zero-order valence-electron chi connectivity index (χ0n) is 13.5. The molecule has 0 aliphatic carbocycles. The summed E-state index contributed by atoms with van der Waals surface area (Å²) in [6.45, 7) is 3.96. The molecule has 0 bridgehead atoms. The summed E-state index contributed by atoms with van der Waals surface area (Å²) in [6.07, 6.45) is 2.59. The molecular weight excluding hydrogens is 322 g/mol. The SMILES string of the molecule is Clc1ccc(-c2nc3ccccc3n2OCCN2CCCC2)cc1. The van der Waals surface area contributed by atoms with E-state index in [1.807, 2.05) is 53.3 Å². The van der Waals surface area contributed by atoms with Gasteiger partial charge in [0.25, 0.3) is 0 Å². The van der Waals surface area contributed by atoms with Crippen molar-refractivity contribution in [3.63, 3.8) is 0 Å². The standard InChI is InChI=1S/C19H20ClN3O/c20-16-9-7-15(8-10-16)19-21-17-5-1-2-6-18(17)23(19)24-14-13-22-11-3-4-12-22/h1-2,5-10H,3-4,11-14H2. The minimum Gasteiger partial charge on any atom is -0.410 e. The number of para-hydroxylation sites is 2. The van der Waals surface area contributed by atoms with Crippen LogP contribution in [0.2, 0.25) is 5.02 Å². The van der Waals surface area contributed by atoms with Gasteiger partial charge in [-0.2, -0.15) is 4.73 Å². The van der Waals surface area contributed by atoms with Crippen molar-refractivity contribution in [2.24, 2.45) is 0 Å². The van der Waals surface area contributed by atoms with Crippen LogP contribution in [0.1, 0.15) is 12.8 Å². The number of likely N-dealkylation sites (tertiary alicyclic amines) is 1. The lowest BCUT2D eigenvalue weighted by atomic mass is 10.2. The number of hydrogen-bond donors (Lipinski definition) is 0. The Labute approximate surface area is 146 Å². The number of hydrogen-bond acceptors (Lipinski definition) is 3. The largest absolute Gasteiger partial charge is 0.410 e. The third kappa shape index (κ3) is 3.12. The highest BCUT2D eigenvalue weighted by Crippen LogP contribution is 2.25. The lowest BCUT2D eigenvalue weighted by molar-refractivity contribution is 0.102. The van der Waals surface area contributed by atoms with Crippen LogP contribution in [0, 0.1) is 0 Å². The van der Waals surface area contributed by atoms with Gasteiger partial charge < -0.3 is 4.84 Å². The molecular formula is C19H20ClN3O. The summed E-state index contributed by atoms with van der Waals surface area (Å²) >= 11 is 6.01. The van der Waals surface area contributed by atoms with Gasteiger partial charge in [-0.25, -0.2) is 4.98 Å².